The van der Waals surface area contributed by atoms with Crippen LogP contribution >= 0.6 is 31.9 Å². The first-order valence-electron chi connectivity index (χ1n) is 33.4. The highest BCUT2D eigenvalue weighted by molar-refractivity contribution is 9.10. The zero-order chi connectivity index (χ0) is 59.3. The summed E-state index contributed by atoms with van der Waals surface area (Å²) in [4.78, 5) is 2.40. The van der Waals surface area contributed by atoms with Crippen molar-refractivity contribution < 1.29 is 0 Å². The molecule has 9 aromatic rings. The molecule has 1 heterocycles. The van der Waals surface area contributed by atoms with Gasteiger partial charge in [-0.25, -0.2) is 0 Å². The number of anilines is 3. The molecule has 0 radical (unpaired) electrons. The van der Waals surface area contributed by atoms with E-state index >= 15 is 0 Å². The van der Waals surface area contributed by atoms with Crippen LogP contribution in [0.15, 0.2) is 173 Å². The summed E-state index contributed by atoms with van der Waals surface area (Å²) in [6.07, 6.45) is 30.0. The lowest BCUT2D eigenvalue weighted by Crippen LogP contribution is -2.25. The second kappa shape index (κ2) is 29.3. The SMILES string of the molecule is CCCCCCCCC1(CCCCCCCC)c2cc(-c3ccc(N(c4ccc(Br)cc4)c4ccc(C(C)(C)C)cc4)cc3)ccc2-c2cc3c(cc21)c1cc(-c2ccccc2)ccc1n3-c1cc(CCCCCC)c(Br)cc1CCCCCC. The van der Waals surface area contributed by atoms with E-state index in [9.17, 15) is 0 Å². The molecule has 1 aliphatic rings. The van der Waals surface area contributed by atoms with E-state index in [0.717, 1.165) is 34.4 Å². The third kappa shape index (κ3) is 14.3. The van der Waals surface area contributed by atoms with Crippen molar-refractivity contribution >= 4 is 70.7 Å². The smallest absolute Gasteiger partial charge is 0.0547 e. The molecule has 85 heavy (non-hydrogen) atoms. The predicted molar refractivity (Wildman–Crippen MR) is 378 cm³/mol. The van der Waals surface area contributed by atoms with E-state index in [1.54, 1.807) is 11.1 Å². The van der Waals surface area contributed by atoms with Crippen molar-refractivity contribution in [2.24, 2.45) is 0 Å². The van der Waals surface area contributed by atoms with Crippen LogP contribution in [-0.4, -0.2) is 4.57 Å². The second-order valence-corrected chi connectivity index (χ2v) is 27.8. The number of halogens is 2. The number of nitrogens with zero attached hydrogens (tertiary/aromatic N) is 2. The topological polar surface area (TPSA) is 8.17 Å². The first kappa shape index (κ1) is 62.4. The van der Waals surface area contributed by atoms with Crippen LogP contribution < -0.4 is 4.90 Å². The van der Waals surface area contributed by atoms with Crippen molar-refractivity contribution in [1.29, 1.82) is 0 Å². The Labute approximate surface area is 529 Å². The van der Waals surface area contributed by atoms with E-state index in [1.165, 1.54) is 223 Å². The van der Waals surface area contributed by atoms with Gasteiger partial charge in [-0.2, -0.15) is 0 Å². The lowest BCUT2D eigenvalue weighted by atomic mass is 9.70. The number of hydrogen-bond acceptors (Lipinski definition) is 1. The fourth-order valence-corrected chi connectivity index (χ4v) is 14.9. The molecular weight excluding hydrogens is 1160 g/mol. The monoisotopic (exact) mass is 1250 g/mol. The molecule has 2 nitrogen and oxygen atoms in total. The molecule has 0 fully saturated rings. The molecule has 0 spiro atoms. The standard InChI is InChI=1S/C81H96Br2N2/c1-8-12-16-20-22-29-51-81(52-30-23-21-17-13-9-2)74-54-62(60-35-43-67(44-36-60)84(69-47-41-66(82)42-48-69)68-45-39-65(40-46-68)80(5,6)7)37-49-70(74)71-58-79-73(57-75(71)81)72-53-61(59-31-27-24-28-32-59)38-50-77(72)85(79)78-56-63(33-25-18-14-10-3)76(83)55-64(78)34-26-19-15-11-4/h24,27-28,31-32,35-50,53-58H,8-23,25-26,29-30,33-34,51-52H2,1-7H3. The van der Waals surface area contributed by atoms with Crippen molar-refractivity contribution in [3.8, 4) is 39.1 Å². The number of hydrogen-bond donors (Lipinski definition) is 0. The van der Waals surface area contributed by atoms with Crippen molar-refractivity contribution in [2.75, 3.05) is 4.90 Å². The molecule has 8 aromatic carbocycles. The number of benzene rings is 8. The van der Waals surface area contributed by atoms with Gasteiger partial charge in [-0.05, 0) is 196 Å². The molecule has 0 unspecified atom stereocenters. The Kier molecular flexibility index (Phi) is 21.5. The highest BCUT2D eigenvalue weighted by atomic mass is 79.9. The van der Waals surface area contributed by atoms with E-state index < -0.39 is 0 Å². The van der Waals surface area contributed by atoms with Crippen molar-refractivity contribution in [2.45, 2.75) is 213 Å². The Morgan fingerprint density at radius 3 is 1.48 bits per heavy atom. The molecule has 1 aliphatic carbocycles. The van der Waals surface area contributed by atoms with Crippen LogP contribution in [0.3, 0.4) is 0 Å². The Bertz CT molecular complexity index is 3580. The van der Waals surface area contributed by atoms with Crippen LogP contribution in [0.5, 0.6) is 0 Å². The second-order valence-electron chi connectivity index (χ2n) is 26.1. The summed E-state index contributed by atoms with van der Waals surface area (Å²) in [6, 6.07) is 64.0. The first-order chi connectivity index (χ1) is 41.5. The minimum absolute atomic E-state index is 0.0773. The first-order valence-corrected chi connectivity index (χ1v) is 35.0. The summed E-state index contributed by atoms with van der Waals surface area (Å²) in [5.74, 6) is 0. The van der Waals surface area contributed by atoms with Gasteiger partial charge in [0, 0.05) is 47.9 Å². The van der Waals surface area contributed by atoms with Gasteiger partial charge in [-0.15, -0.1) is 0 Å². The number of aromatic nitrogens is 1. The van der Waals surface area contributed by atoms with Gasteiger partial charge in [0.25, 0.3) is 0 Å². The quantitative estimate of drug-likeness (QED) is 0.0407. The normalized spacial score (nSPS) is 12.8. The van der Waals surface area contributed by atoms with E-state index in [2.05, 4.69) is 254 Å². The number of unbranched alkanes of at least 4 members (excludes halogenated alkanes) is 16. The Morgan fingerprint density at radius 1 is 0.400 bits per heavy atom. The van der Waals surface area contributed by atoms with Gasteiger partial charge in [-0.3, -0.25) is 0 Å². The van der Waals surface area contributed by atoms with Crippen molar-refractivity contribution in [3.63, 3.8) is 0 Å². The van der Waals surface area contributed by atoms with Crippen LogP contribution in [0.4, 0.5) is 17.1 Å². The summed E-state index contributed by atoms with van der Waals surface area (Å²) >= 11 is 7.88. The van der Waals surface area contributed by atoms with Crippen LogP contribution in [0, 0.1) is 0 Å². The zero-order valence-corrected chi connectivity index (χ0v) is 55.9. The summed E-state index contributed by atoms with van der Waals surface area (Å²) in [7, 11) is 0. The minimum atomic E-state index is -0.110. The van der Waals surface area contributed by atoms with Crippen LogP contribution in [-0.2, 0) is 23.7 Å². The fourth-order valence-electron chi connectivity index (χ4n) is 14.0. The maximum absolute atomic E-state index is 4.17. The van der Waals surface area contributed by atoms with Gasteiger partial charge in [0.1, 0.15) is 0 Å². The van der Waals surface area contributed by atoms with Crippen molar-refractivity contribution in [3.05, 3.63) is 201 Å². The number of aryl methyl sites for hydroxylation is 2. The molecule has 1 aromatic heterocycles. The lowest BCUT2D eigenvalue weighted by molar-refractivity contribution is 0.398. The van der Waals surface area contributed by atoms with Crippen LogP contribution in [0.2, 0.25) is 0 Å². The Morgan fingerprint density at radius 2 is 0.882 bits per heavy atom. The largest absolute Gasteiger partial charge is 0.311 e. The molecule has 0 aliphatic heterocycles. The van der Waals surface area contributed by atoms with Crippen LogP contribution in [0.1, 0.15) is 218 Å². The summed E-state index contributed by atoms with van der Waals surface area (Å²) in [6.45, 7) is 16.2. The minimum Gasteiger partial charge on any atom is -0.311 e. The molecular formula is C81H96Br2N2. The van der Waals surface area contributed by atoms with E-state index in [0.29, 0.717) is 0 Å². The molecule has 0 saturated heterocycles. The van der Waals surface area contributed by atoms with Crippen molar-refractivity contribution in [1.82, 2.24) is 4.57 Å². The number of rotatable bonds is 30. The highest BCUT2D eigenvalue weighted by Crippen LogP contribution is 2.57. The summed E-state index contributed by atoms with van der Waals surface area (Å²) < 4.78 is 5.06. The molecule has 0 atom stereocenters. The molecule has 0 amide bonds. The Balaban J connectivity index is 1.16. The van der Waals surface area contributed by atoms with Gasteiger partial charge in [0.2, 0.25) is 0 Å². The molecule has 0 bridgehead atoms. The maximum Gasteiger partial charge on any atom is 0.0547 e. The Hall–Kier alpha value is -5.68. The lowest BCUT2D eigenvalue weighted by Gasteiger charge is -2.33. The van der Waals surface area contributed by atoms with E-state index in [1.807, 2.05) is 0 Å². The number of fused-ring (bicyclic) bond motifs is 6. The fraction of sp³-hybridized carbons (Fsp3) is 0.407. The molecule has 10 rings (SSSR count). The third-order valence-corrected chi connectivity index (χ3v) is 20.2. The van der Waals surface area contributed by atoms with E-state index in [4.69, 9.17) is 0 Å². The van der Waals surface area contributed by atoms with Gasteiger partial charge in [-0.1, -0.05) is 269 Å². The predicted octanol–water partition coefficient (Wildman–Crippen LogP) is 26.4. The van der Waals surface area contributed by atoms with E-state index in [-0.39, 0.29) is 10.8 Å². The van der Waals surface area contributed by atoms with Gasteiger partial charge in [0.15, 0.2) is 0 Å². The summed E-state index contributed by atoms with van der Waals surface area (Å²) in [5.41, 5.74) is 22.7. The van der Waals surface area contributed by atoms with Crippen LogP contribution in [0.25, 0.3) is 60.9 Å². The molecule has 0 saturated carbocycles. The van der Waals surface area contributed by atoms with Gasteiger partial charge in [0.05, 0.1) is 11.0 Å². The molecule has 4 heteroatoms. The van der Waals surface area contributed by atoms with Gasteiger partial charge >= 0.3 is 0 Å². The third-order valence-electron chi connectivity index (χ3n) is 18.9. The zero-order valence-electron chi connectivity index (χ0n) is 52.7. The maximum atomic E-state index is 4.17. The molecule has 0 N–H and O–H groups in total. The summed E-state index contributed by atoms with van der Waals surface area (Å²) in [5, 5.41) is 2.74. The average molecular weight is 1260 g/mol. The van der Waals surface area contributed by atoms with Gasteiger partial charge < -0.3 is 9.47 Å². The highest BCUT2D eigenvalue weighted by Gasteiger charge is 2.43. The molecule has 444 valence electrons. The average Bonchev–Trinajstić information content (AvgIpc) is 1.58.